The summed E-state index contributed by atoms with van der Waals surface area (Å²) in [5.74, 6) is -2.08. The number of alkyl halides is 2. The predicted octanol–water partition coefficient (Wildman–Crippen LogP) is 7.49. The first-order chi connectivity index (χ1) is 18.9. The second-order valence-corrected chi connectivity index (χ2v) is 17.1. The van der Waals surface area contributed by atoms with Crippen LogP contribution in [-0.2, 0) is 24.2 Å². The Bertz CT molecular complexity index is 1290. The molecule has 9 atom stereocenters. The Morgan fingerprint density at radius 2 is 1.49 bits per heavy atom. The monoisotopic (exact) mass is 592 g/mol. The van der Waals surface area contributed by atoms with Gasteiger partial charge in [-0.3, -0.25) is 9.59 Å². The number of hydrogen-bond acceptors (Lipinski definition) is 5. The standard InChI is InChI=1S/C33H46F2O5S/c1-20(36)24-12-13-25-23-19-28(33(34,35)41(38,39)22-10-8-7-9-11-22)27-18-21(40-29(37)30(2,3)4)14-16-32(27,6)26(23)15-17-31(24,25)5/h7-11,21,23-28H,12-19H2,1-6H3/t21-,23-,24+,25-,26-,27?,28?,31+,32+/m0/s1. The van der Waals surface area contributed by atoms with Gasteiger partial charge in [0.25, 0.3) is 0 Å². The van der Waals surface area contributed by atoms with Crippen LogP contribution in [-0.4, -0.2) is 31.5 Å². The summed E-state index contributed by atoms with van der Waals surface area (Å²) < 4.78 is 66.6. The molecule has 8 heteroatoms. The minimum Gasteiger partial charge on any atom is -0.462 e. The maximum absolute atomic E-state index is 16.7. The first kappa shape index (κ1) is 30.6. The highest BCUT2D eigenvalue weighted by Gasteiger charge is 2.68. The lowest BCUT2D eigenvalue weighted by Gasteiger charge is -2.63. The molecule has 41 heavy (non-hydrogen) atoms. The zero-order valence-corrected chi connectivity index (χ0v) is 26.1. The summed E-state index contributed by atoms with van der Waals surface area (Å²) in [6.45, 7) is 11.2. The third-order valence-electron chi connectivity index (χ3n) is 11.9. The molecule has 4 saturated carbocycles. The van der Waals surface area contributed by atoms with Gasteiger partial charge < -0.3 is 4.74 Å². The van der Waals surface area contributed by atoms with E-state index in [9.17, 15) is 18.0 Å². The number of fused-ring (bicyclic) bond motifs is 5. The third-order valence-corrected chi connectivity index (χ3v) is 13.8. The van der Waals surface area contributed by atoms with Crippen molar-refractivity contribution in [2.45, 2.75) is 109 Å². The highest BCUT2D eigenvalue weighted by molar-refractivity contribution is 7.92. The SMILES string of the molecule is CC(=O)[C@H]1CC[C@H]2[C@@H]3CC(C(F)(F)S(=O)(=O)c4ccccc4)C4C[C@@H](OC(=O)C(C)(C)C)CC[C@]4(C)[C@H]3CC[C@]12C. The first-order valence-corrected chi connectivity index (χ1v) is 16.8. The van der Waals surface area contributed by atoms with Crippen molar-refractivity contribution in [3.63, 3.8) is 0 Å². The van der Waals surface area contributed by atoms with Gasteiger partial charge in [0.05, 0.1) is 10.3 Å². The van der Waals surface area contributed by atoms with Gasteiger partial charge in [-0.05, 0) is 126 Å². The summed E-state index contributed by atoms with van der Waals surface area (Å²) in [6.07, 6.45) is 4.35. The summed E-state index contributed by atoms with van der Waals surface area (Å²) in [5.41, 5.74) is -1.47. The summed E-state index contributed by atoms with van der Waals surface area (Å²) in [5, 5.41) is -3.99. The van der Waals surface area contributed by atoms with E-state index >= 15 is 8.78 Å². The highest BCUT2D eigenvalue weighted by atomic mass is 32.2. The molecule has 0 aliphatic heterocycles. The molecule has 4 aliphatic rings. The highest BCUT2D eigenvalue weighted by Crippen LogP contribution is 2.70. The van der Waals surface area contributed by atoms with Crippen molar-refractivity contribution in [2.24, 2.45) is 51.8 Å². The molecule has 0 heterocycles. The molecule has 2 unspecified atom stereocenters. The fraction of sp³-hybridized carbons (Fsp3) is 0.758. The van der Waals surface area contributed by atoms with Crippen molar-refractivity contribution < 1.29 is 31.5 Å². The topological polar surface area (TPSA) is 77.5 Å². The first-order valence-electron chi connectivity index (χ1n) is 15.3. The van der Waals surface area contributed by atoms with Gasteiger partial charge in [-0.1, -0.05) is 32.0 Å². The van der Waals surface area contributed by atoms with E-state index in [4.69, 9.17) is 4.74 Å². The number of carbonyl (C=O) groups excluding carboxylic acids is 2. The molecule has 4 aliphatic carbocycles. The minimum absolute atomic E-state index is 0.0708. The lowest BCUT2D eigenvalue weighted by Crippen LogP contribution is -2.60. The van der Waals surface area contributed by atoms with Gasteiger partial charge in [-0.25, -0.2) is 8.42 Å². The summed E-state index contributed by atoms with van der Waals surface area (Å²) in [7, 11) is -4.97. The predicted molar refractivity (Wildman–Crippen MR) is 153 cm³/mol. The Morgan fingerprint density at radius 3 is 2.10 bits per heavy atom. The van der Waals surface area contributed by atoms with Crippen LogP contribution in [0.4, 0.5) is 8.78 Å². The van der Waals surface area contributed by atoms with Gasteiger partial charge in [-0.15, -0.1) is 0 Å². The van der Waals surface area contributed by atoms with Crippen LogP contribution in [0.15, 0.2) is 35.2 Å². The number of ether oxygens (including phenoxy) is 1. The van der Waals surface area contributed by atoms with E-state index in [1.165, 1.54) is 24.3 Å². The zero-order valence-electron chi connectivity index (χ0n) is 25.3. The van der Waals surface area contributed by atoms with E-state index in [2.05, 4.69) is 13.8 Å². The van der Waals surface area contributed by atoms with Gasteiger partial charge in [0.1, 0.15) is 11.9 Å². The number of halogens is 2. The van der Waals surface area contributed by atoms with Crippen LogP contribution in [0.3, 0.4) is 0 Å². The Labute approximate surface area is 244 Å². The largest absolute Gasteiger partial charge is 0.462 e. The quantitative estimate of drug-likeness (QED) is 0.331. The summed E-state index contributed by atoms with van der Waals surface area (Å²) in [6, 6.07) is 7.05. The van der Waals surface area contributed by atoms with E-state index in [-0.39, 0.29) is 58.6 Å². The number of Topliss-reactive ketones (excluding diaryl/α,β-unsaturated/α-hetero) is 1. The maximum atomic E-state index is 16.7. The number of sulfone groups is 1. The fourth-order valence-electron chi connectivity index (χ4n) is 9.73. The third kappa shape index (κ3) is 4.78. The molecule has 0 saturated heterocycles. The van der Waals surface area contributed by atoms with Crippen molar-refractivity contribution in [1.82, 2.24) is 0 Å². The Hall–Kier alpha value is -1.83. The van der Waals surface area contributed by atoms with E-state index < -0.39 is 43.9 Å². The molecule has 0 spiro atoms. The minimum atomic E-state index is -4.97. The molecule has 5 rings (SSSR count). The molecule has 5 nitrogen and oxygen atoms in total. The molecule has 0 bridgehead atoms. The Morgan fingerprint density at radius 1 is 0.878 bits per heavy atom. The number of carbonyl (C=O) groups is 2. The number of rotatable bonds is 5. The van der Waals surface area contributed by atoms with E-state index in [1.807, 2.05) is 0 Å². The van der Waals surface area contributed by atoms with E-state index in [1.54, 1.807) is 33.8 Å². The second kappa shape index (κ2) is 10.1. The van der Waals surface area contributed by atoms with E-state index in [0.29, 0.717) is 12.8 Å². The smallest absolute Gasteiger partial charge is 0.353 e. The molecule has 4 fully saturated rings. The van der Waals surface area contributed by atoms with Gasteiger partial charge in [0, 0.05) is 11.8 Å². The van der Waals surface area contributed by atoms with Crippen LogP contribution in [0.1, 0.15) is 92.9 Å². The normalized spacial score (nSPS) is 39.3. The second-order valence-electron chi connectivity index (χ2n) is 15.0. The van der Waals surface area contributed by atoms with Crippen LogP contribution in [0, 0.1) is 51.8 Å². The lowest BCUT2D eigenvalue weighted by atomic mass is 9.42. The molecular weight excluding hydrogens is 546 g/mol. The van der Waals surface area contributed by atoms with Crippen LogP contribution in [0.5, 0.6) is 0 Å². The number of hydrogen-bond donors (Lipinski definition) is 0. The molecule has 0 amide bonds. The molecular formula is C33H46F2O5S. The number of benzene rings is 1. The molecule has 0 aromatic heterocycles. The Kier molecular flexibility index (Phi) is 7.56. The van der Waals surface area contributed by atoms with Crippen LogP contribution < -0.4 is 0 Å². The van der Waals surface area contributed by atoms with Crippen LogP contribution in [0.25, 0.3) is 0 Å². The number of ketones is 1. The summed E-state index contributed by atoms with van der Waals surface area (Å²) in [4.78, 5) is 25.0. The van der Waals surface area contributed by atoms with Crippen molar-refractivity contribution in [2.75, 3.05) is 0 Å². The maximum Gasteiger partial charge on any atom is 0.353 e. The van der Waals surface area contributed by atoms with Crippen LogP contribution in [0.2, 0.25) is 0 Å². The van der Waals surface area contributed by atoms with Gasteiger partial charge >= 0.3 is 11.2 Å². The van der Waals surface area contributed by atoms with Crippen molar-refractivity contribution >= 4 is 21.6 Å². The van der Waals surface area contributed by atoms with Crippen molar-refractivity contribution in [1.29, 1.82) is 0 Å². The zero-order chi connectivity index (χ0) is 30.2. The average molecular weight is 593 g/mol. The average Bonchev–Trinajstić information content (AvgIpc) is 3.26. The molecule has 1 aromatic carbocycles. The number of esters is 1. The Balaban J connectivity index is 1.56. The molecule has 228 valence electrons. The molecule has 1 aromatic rings. The fourth-order valence-corrected chi connectivity index (χ4v) is 11.2. The van der Waals surface area contributed by atoms with Gasteiger partial charge in [0.2, 0.25) is 9.84 Å². The van der Waals surface area contributed by atoms with Crippen molar-refractivity contribution in [3.8, 4) is 0 Å². The van der Waals surface area contributed by atoms with Gasteiger partial charge in [0.15, 0.2) is 0 Å². The molecule has 0 N–H and O–H groups in total. The van der Waals surface area contributed by atoms with E-state index in [0.717, 1.165) is 25.7 Å². The lowest BCUT2D eigenvalue weighted by molar-refractivity contribution is -0.194. The van der Waals surface area contributed by atoms with Gasteiger partial charge in [-0.2, -0.15) is 8.78 Å². The molecule has 0 radical (unpaired) electrons. The van der Waals surface area contributed by atoms with Crippen LogP contribution >= 0.6 is 0 Å². The summed E-state index contributed by atoms with van der Waals surface area (Å²) >= 11 is 0. The van der Waals surface area contributed by atoms with Crippen molar-refractivity contribution in [3.05, 3.63) is 30.3 Å².